The molecule has 0 spiro atoms. The number of hydrogen-bond acceptors (Lipinski definition) is 6. The van der Waals surface area contributed by atoms with E-state index in [9.17, 15) is 40.0 Å². The van der Waals surface area contributed by atoms with Gasteiger partial charge in [0.25, 0.3) is 0 Å². The predicted molar refractivity (Wildman–Crippen MR) is 180 cm³/mol. The van der Waals surface area contributed by atoms with Crippen molar-refractivity contribution in [3.05, 3.63) is 137 Å². The molecule has 8 nitrogen and oxygen atoms in total. The molecule has 4 aromatic carbocycles. The lowest BCUT2D eigenvalue weighted by Gasteiger charge is -2.30. The van der Waals surface area contributed by atoms with Crippen molar-refractivity contribution in [3.8, 4) is 5.75 Å². The third-order valence-corrected chi connectivity index (χ3v) is 11.1. The van der Waals surface area contributed by atoms with Crippen molar-refractivity contribution in [2.75, 3.05) is 25.0 Å². The lowest BCUT2D eigenvalue weighted by Crippen LogP contribution is -2.44. The highest BCUT2D eigenvalue weighted by Gasteiger charge is 2.40. The van der Waals surface area contributed by atoms with Gasteiger partial charge in [-0.2, -0.15) is 4.31 Å². The number of hydrogen-bond donors (Lipinski definition) is 0. The van der Waals surface area contributed by atoms with Gasteiger partial charge in [-0.3, -0.25) is 4.79 Å². The Morgan fingerprint density at radius 1 is 0.769 bits per heavy atom. The SMILES string of the molecule is CN(CC(=O)N(CC1CC2C=CC1C2)c1ccc(C(=O)OCc2ccccc2)c(OCc2ccccc2)c1)S(=O)(=O)c1c(F)c(F)c(F)c(F)c1F. The standard InChI is InChI=1S/C38H33F5N2O6S/c1-44(52(48,49)37-35(42)33(40)32(39)34(41)36(37)43)20-31(46)45(19-27-17-25-12-13-26(27)16-25)28-14-15-29(38(47)51-22-24-10-6-3-7-11-24)30(18-28)50-21-23-8-4-2-5-9-23/h2-15,18,25-27H,16-17,19-22H2,1H3. The maximum Gasteiger partial charge on any atom is 0.342 e. The number of rotatable bonds is 13. The molecule has 6 rings (SSSR count). The van der Waals surface area contributed by atoms with Crippen LogP contribution in [0.2, 0.25) is 0 Å². The maximum absolute atomic E-state index is 14.6. The molecule has 0 heterocycles. The normalized spacial score (nSPS) is 17.8. The van der Waals surface area contributed by atoms with E-state index in [4.69, 9.17) is 9.47 Å². The third-order valence-electron chi connectivity index (χ3n) is 9.28. The summed E-state index contributed by atoms with van der Waals surface area (Å²) in [5, 5.41) is 0. The Bertz CT molecular complexity index is 2090. The molecule has 14 heteroatoms. The summed E-state index contributed by atoms with van der Waals surface area (Å²) >= 11 is 0. The molecule has 2 aliphatic rings. The highest BCUT2D eigenvalue weighted by atomic mass is 32.2. The molecular weight excluding hydrogens is 707 g/mol. The zero-order valence-electron chi connectivity index (χ0n) is 27.8. The van der Waals surface area contributed by atoms with E-state index < -0.39 is 62.4 Å². The van der Waals surface area contributed by atoms with Crippen LogP contribution in [0.25, 0.3) is 0 Å². The van der Waals surface area contributed by atoms with Gasteiger partial charge in [-0.15, -0.1) is 0 Å². The van der Waals surface area contributed by atoms with E-state index in [2.05, 4.69) is 12.2 Å². The first-order valence-corrected chi connectivity index (χ1v) is 17.8. The average molecular weight is 741 g/mol. The minimum Gasteiger partial charge on any atom is -0.488 e. The van der Waals surface area contributed by atoms with Crippen molar-refractivity contribution >= 4 is 27.6 Å². The minimum atomic E-state index is -5.41. The summed E-state index contributed by atoms with van der Waals surface area (Å²) < 4.78 is 109. The number of anilines is 1. The van der Waals surface area contributed by atoms with Gasteiger partial charge in [-0.05, 0) is 53.9 Å². The fourth-order valence-corrected chi connectivity index (χ4v) is 7.75. The molecular formula is C38H33F5N2O6S. The number of sulfonamides is 1. The first-order valence-electron chi connectivity index (χ1n) is 16.3. The summed E-state index contributed by atoms with van der Waals surface area (Å²) in [6.07, 6.45) is 5.77. The van der Waals surface area contributed by atoms with Crippen LogP contribution < -0.4 is 9.64 Å². The van der Waals surface area contributed by atoms with Crippen LogP contribution >= 0.6 is 0 Å². The molecule has 3 atom stereocenters. The summed E-state index contributed by atoms with van der Waals surface area (Å²) in [5.41, 5.74) is 1.79. The Balaban J connectivity index is 1.32. The van der Waals surface area contributed by atoms with Gasteiger partial charge in [0.1, 0.15) is 24.5 Å². The molecule has 1 fully saturated rings. The van der Waals surface area contributed by atoms with E-state index in [0.29, 0.717) is 5.92 Å². The number of benzene rings is 4. The number of fused-ring (bicyclic) bond motifs is 2. The minimum absolute atomic E-state index is 0.0221. The molecule has 0 aliphatic heterocycles. The Morgan fingerprint density at radius 2 is 1.37 bits per heavy atom. The van der Waals surface area contributed by atoms with Gasteiger partial charge in [-0.1, -0.05) is 72.8 Å². The van der Waals surface area contributed by atoms with Gasteiger partial charge >= 0.3 is 5.97 Å². The zero-order valence-corrected chi connectivity index (χ0v) is 28.6. The lowest BCUT2D eigenvalue weighted by atomic mass is 9.93. The molecule has 0 aromatic heterocycles. The van der Waals surface area contributed by atoms with Crippen LogP contribution in [0, 0.1) is 46.8 Å². The van der Waals surface area contributed by atoms with Crippen LogP contribution in [0.4, 0.5) is 27.6 Å². The van der Waals surface area contributed by atoms with Gasteiger partial charge in [0.05, 0.1) is 6.54 Å². The van der Waals surface area contributed by atoms with Gasteiger partial charge < -0.3 is 14.4 Å². The van der Waals surface area contributed by atoms with E-state index in [1.807, 2.05) is 36.4 Å². The number of esters is 1. The quantitative estimate of drug-likeness (QED) is 0.0474. The molecule has 1 saturated carbocycles. The number of carbonyl (C=O) groups is 2. The van der Waals surface area contributed by atoms with Crippen LogP contribution in [0.15, 0.2) is 95.9 Å². The second kappa shape index (κ2) is 15.3. The molecule has 0 N–H and O–H groups in total. The first kappa shape index (κ1) is 36.7. The fourth-order valence-electron chi connectivity index (χ4n) is 6.52. The van der Waals surface area contributed by atoms with E-state index in [1.54, 1.807) is 24.3 Å². The number of carbonyl (C=O) groups excluding carboxylic acids is 2. The van der Waals surface area contributed by atoms with Crippen LogP contribution in [-0.2, 0) is 32.8 Å². The molecule has 52 heavy (non-hydrogen) atoms. The number of amides is 1. The molecule has 0 radical (unpaired) electrons. The van der Waals surface area contributed by atoms with Crippen molar-refractivity contribution in [3.63, 3.8) is 0 Å². The monoisotopic (exact) mass is 740 g/mol. The van der Waals surface area contributed by atoms with E-state index in [-0.39, 0.29) is 52.9 Å². The Hall–Kier alpha value is -5.08. The smallest absolute Gasteiger partial charge is 0.342 e. The lowest BCUT2D eigenvalue weighted by molar-refractivity contribution is -0.118. The van der Waals surface area contributed by atoms with E-state index in [0.717, 1.165) is 31.0 Å². The highest BCUT2D eigenvalue weighted by molar-refractivity contribution is 7.89. The molecule has 2 aliphatic carbocycles. The van der Waals surface area contributed by atoms with Gasteiger partial charge in [0, 0.05) is 25.3 Å². The van der Waals surface area contributed by atoms with E-state index >= 15 is 0 Å². The number of allylic oxidation sites excluding steroid dienone is 2. The predicted octanol–water partition coefficient (Wildman–Crippen LogP) is 7.18. The fraction of sp³-hybridized carbons (Fsp3) is 0.263. The molecule has 272 valence electrons. The van der Waals surface area contributed by atoms with Crippen molar-refractivity contribution in [1.29, 1.82) is 0 Å². The van der Waals surface area contributed by atoms with E-state index in [1.165, 1.54) is 23.1 Å². The molecule has 0 saturated heterocycles. The largest absolute Gasteiger partial charge is 0.488 e. The molecule has 4 aromatic rings. The maximum atomic E-state index is 14.6. The third kappa shape index (κ3) is 7.58. The van der Waals surface area contributed by atoms with Gasteiger partial charge in [-0.25, -0.2) is 35.2 Å². The van der Waals surface area contributed by atoms with Gasteiger partial charge in [0.2, 0.25) is 21.7 Å². The Kier molecular flexibility index (Phi) is 10.8. The van der Waals surface area contributed by atoms with Crippen molar-refractivity contribution in [2.24, 2.45) is 17.8 Å². The second-order valence-electron chi connectivity index (χ2n) is 12.7. The topological polar surface area (TPSA) is 93.2 Å². The van der Waals surface area contributed by atoms with Crippen molar-refractivity contribution in [2.45, 2.75) is 31.0 Å². The number of nitrogens with zero attached hydrogens (tertiary/aromatic N) is 2. The van der Waals surface area contributed by atoms with Crippen LogP contribution in [0.3, 0.4) is 0 Å². The van der Waals surface area contributed by atoms with Gasteiger partial charge in [0.15, 0.2) is 28.2 Å². The Labute approximate surface area is 297 Å². The highest BCUT2D eigenvalue weighted by Crippen LogP contribution is 2.44. The second-order valence-corrected chi connectivity index (χ2v) is 14.7. The summed E-state index contributed by atoms with van der Waals surface area (Å²) in [5.74, 6) is -13.6. The Morgan fingerprint density at radius 3 is 1.94 bits per heavy atom. The van der Waals surface area contributed by atoms with Crippen LogP contribution in [0.1, 0.15) is 34.3 Å². The first-order chi connectivity index (χ1) is 24.8. The van der Waals surface area contributed by atoms with Crippen LogP contribution in [0.5, 0.6) is 5.75 Å². The number of ether oxygens (including phenoxy) is 2. The number of likely N-dealkylation sites (N-methyl/N-ethyl adjacent to an activating group) is 1. The zero-order chi connectivity index (χ0) is 37.2. The molecule has 2 bridgehead atoms. The van der Waals surface area contributed by atoms with Crippen molar-refractivity contribution in [1.82, 2.24) is 4.31 Å². The molecule has 3 unspecified atom stereocenters. The van der Waals surface area contributed by atoms with Crippen molar-refractivity contribution < 1.29 is 49.4 Å². The molecule has 1 amide bonds. The summed E-state index contributed by atoms with van der Waals surface area (Å²) in [4.78, 5) is 26.6. The number of halogens is 5. The van der Waals surface area contributed by atoms with Crippen LogP contribution in [-0.4, -0.2) is 44.7 Å². The average Bonchev–Trinajstić information content (AvgIpc) is 3.78. The summed E-state index contributed by atoms with van der Waals surface area (Å²) in [6, 6.07) is 22.4. The summed E-state index contributed by atoms with van der Waals surface area (Å²) in [6.45, 7) is -0.917. The summed E-state index contributed by atoms with van der Waals surface area (Å²) in [7, 11) is -4.62.